The summed E-state index contributed by atoms with van der Waals surface area (Å²) in [5, 5.41) is 14.5. The van der Waals surface area contributed by atoms with Crippen LogP contribution in [0.2, 0.25) is 0 Å². The number of nitrogens with one attached hydrogen (secondary N) is 1. The van der Waals surface area contributed by atoms with Gasteiger partial charge in [-0.1, -0.05) is 50.2 Å². The van der Waals surface area contributed by atoms with Crippen molar-refractivity contribution in [3.05, 3.63) is 69.8 Å². The van der Waals surface area contributed by atoms with Crippen molar-refractivity contribution in [3.63, 3.8) is 0 Å². The first-order chi connectivity index (χ1) is 10.0. The van der Waals surface area contributed by atoms with E-state index < -0.39 is 0 Å². The highest BCUT2D eigenvalue weighted by molar-refractivity contribution is 5.60. The average Bonchev–Trinajstić information content (AvgIpc) is 2.46. The summed E-state index contributed by atoms with van der Waals surface area (Å²) in [5.41, 5.74) is 2.81. The molecule has 0 saturated heterocycles. The van der Waals surface area contributed by atoms with E-state index in [1.807, 2.05) is 24.3 Å². The van der Waals surface area contributed by atoms with Crippen molar-refractivity contribution >= 4 is 11.4 Å². The minimum Gasteiger partial charge on any atom is -0.378 e. The molecular weight excluding hydrogens is 264 g/mol. The lowest BCUT2D eigenvalue weighted by Crippen LogP contribution is -2.17. The molecule has 0 fully saturated rings. The van der Waals surface area contributed by atoms with Crippen molar-refractivity contribution in [2.75, 3.05) is 5.32 Å². The Kier molecular flexibility index (Phi) is 4.58. The molecular formula is C17H20N2O2. The van der Waals surface area contributed by atoms with Crippen LogP contribution in [0.1, 0.15) is 31.0 Å². The van der Waals surface area contributed by atoms with Crippen LogP contribution in [0.3, 0.4) is 0 Å². The van der Waals surface area contributed by atoms with Crippen molar-refractivity contribution in [2.45, 2.75) is 26.8 Å². The van der Waals surface area contributed by atoms with E-state index in [0.29, 0.717) is 11.5 Å². The standard InChI is InChI=1S/C17H20N2O2/c1-12(2)17(14-8-5-4-6-9-14)18-15-10-7-11-16(13(15)3)19(20)21/h4-12,17-18H,1-3H3. The smallest absolute Gasteiger partial charge is 0.274 e. The van der Waals surface area contributed by atoms with Gasteiger partial charge in [0, 0.05) is 17.3 Å². The molecule has 110 valence electrons. The van der Waals surface area contributed by atoms with Crippen LogP contribution in [0.25, 0.3) is 0 Å². The second-order valence-electron chi connectivity index (χ2n) is 5.48. The van der Waals surface area contributed by atoms with Crippen LogP contribution >= 0.6 is 0 Å². The highest BCUT2D eigenvalue weighted by Gasteiger charge is 2.19. The summed E-state index contributed by atoms with van der Waals surface area (Å²) in [7, 11) is 0. The molecule has 0 saturated carbocycles. The summed E-state index contributed by atoms with van der Waals surface area (Å²) in [4.78, 5) is 10.7. The van der Waals surface area contributed by atoms with Gasteiger partial charge >= 0.3 is 0 Å². The number of nitro groups is 1. The summed E-state index contributed by atoms with van der Waals surface area (Å²) in [5.74, 6) is 0.367. The Morgan fingerprint density at radius 3 is 2.29 bits per heavy atom. The number of nitro benzene ring substituents is 1. The zero-order valence-corrected chi connectivity index (χ0v) is 12.5. The molecule has 4 heteroatoms. The van der Waals surface area contributed by atoms with Gasteiger partial charge < -0.3 is 5.32 Å². The number of nitrogens with zero attached hydrogens (tertiary/aromatic N) is 1. The maximum absolute atomic E-state index is 11.0. The van der Waals surface area contributed by atoms with Gasteiger partial charge in [0.1, 0.15) is 0 Å². The quantitative estimate of drug-likeness (QED) is 0.639. The van der Waals surface area contributed by atoms with E-state index in [9.17, 15) is 10.1 Å². The van der Waals surface area contributed by atoms with E-state index in [0.717, 1.165) is 5.69 Å². The Hall–Kier alpha value is -2.36. The zero-order valence-electron chi connectivity index (χ0n) is 12.5. The molecule has 2 aromatic rings. The third-order valence-corrected chi connectivity index (χ3v) is 3.64. The molecule has 1 atom stereocenters. The van der Waals surface area contributed by atoms with Gasteiger partial charge in [-0.25, -0.2) is 0 Å². The summed E-state index contributed by atoms with van der Waals surface area (Å²) < 4.78 is 0. The van der Waals surface area contributed by atoms with Crippen molar-refractivity contribution < 1.29 is 4.92 Å². The Labute approximate surface area is 125 Å². The highest BCUT2D eigenvalue weighted by Crippen LogP contribution is 2.31. The Bertz CT molecular complexity index is 624. The predicted octanol–water partition coefficient (Wildman–Crippen LogP) is 4.71. The Morgan fingerprint density at radius 2 is 1.71 bits per heavy atom. The van der Waals surface area contributed by atoms with Gasteiger partial charge in [0.05, 0.1) is 11.0 Å². The van der Waals surface area contributed by atoms with Crippen LogP contribution in [-0.2, 0) is 0 Å². The lowest BCUT2D eigenvalue weighted by Gasteiger charge is -2.25. The second kappa shape index (κ2) is 6.39. The SMILES string of the molecule is Cc1c(NC(c2ccccc2)C(C)C)cccc1[N+](=O)[O-]. The topological polar surface area (TPSA) is 55.2 Å². The number of anilines is 1. The molecule has 0 aliphatic heterocycles. The maximum atomic E-state index is 11.0. The molecule has 0 bridgehead atoms. The Balaban J connectivity index is 2.35. The first-order valence-electron chi connectivity index (χ1n) is 7.06. The summed E-state index contributed by atoms with van der Waals surface area (Å²) >= 11 is 0. The molecule has 1 unspecified atom stereocenters. The summed E-state index contributed by atoms with van der Waals surface area (Å²) in [6, 6.07) is 15.4. The molecule has 1 N–H and O–H groups in total. The fraction of sp³-hybridized carbons (Fsp3) is 0.294. The van der Waals surface area contributed by atoms with Gasteiger partial charge in [-0.3, -0.25) is 10.1 Å². The van der Waals surface area contributed by atoms with Gasteiger partial charge in [0.2, 0.25) is 0 Å². The molecule has 0 amide bonds. The van der Waals surface area contributed by atoms with Gasteiger partial charge in [-0.15, -0.1) is 0 Å². The fourth-order valence-electron chi connectivity index (χ4n) is 2.44. The lowest BCUT2D eigenvalue weighted by molar-refractivity contribution is -0.385. The van der Waals surface area contributed by atoms with Crippen LogP contribution < -0.4 is 5.32 Å². The van der Waals surface area contributed by atoms with Gasteiger partial charge in [0.15, 0.2) is 0 Å². The van der Waals surface area contributed by atoms with E-state index in [2.05, 4.69) is 31.3 Å². The number of rotatable bonds is 5. The molecule has 0 spiro atoms. The van der Waals surface area contributed by atoms with Gasteiger partial charge in [0.25, 0.3) is 5.69 Å². The van der Waals surface area contributed by atoms with E-state index >= 15 is 0 Å². The lowest BCUT2D eigenvalue weighted by atomic mass is 9.95. The first-order valence-corrected chi connectivity index (χ1v) is 7.06. The third kappa shape index (κ3) is 3.40. The number of benzene rings is 2. The average molecular weight is 284 g/mol. The van der Waals surface area contributed by atoms with Crippen molar-refractivity contribution in [1.82, 2.24) is 0 Å². The molecule has 21 heavy (non-hydrogen) atoms. The van der Waals surface area contributed by atoms with Crippen LogP contribution in [0.5, 0.6) is 0 Å². The van der Waals surface area contributed by atoms with Crippen molar-refractivity contribution in [2.24, 2.45) is 5.92 Å². The maximum Gasteiger partial charge on any atom is 0.274 e. The van der Waals surface area contributed by atoms with Crippen molar-refractivity contribution in [1.29, 1.82) is 0 Å². The molecule has 0 heterocycles. The first kappa shape index (κ1) is 15.0. The van der Waals surface area contributed by atoms with E-state index in [4.69, 9.17) is 0 Å². The molecule has 4 nitrogen and oxygen atoms in total. The van der Waals surface area contributed by atoms with Gasteiger partial charge in [-0.05, 0) is 24.5 Å². The normalized spacial score (nSPS) is 12.2. The minimum atomic E-state index is -0.340. The van der Waals surface area contributed by atoms with Crippen LogP contribution in [0.15, 0.2) is 48.5 Å². The van der Waals surface area contributed by atoms with Crippen LogP contribution in [0, 0.1) is 23.0 Å². The molecule has 0 aliphatic carbocycles. The predicted molar refractivity (Wildman–Crippen MR) is 85.5 cm³/mol. The third-order valence-electron chi connectivity index (χ3n) is 3.64. The minimum absolute atomic E-state index is 0.118. The zero-order chi connectivity index (χ0) is 15.4. The van der Waals surface area contributed by atoms with Crippen LogP contribution in [0.4, 0.5) is 11.4 Å². The number of hydrogen-bond donors (Lipinski definition) is 1. The van der Waals surface area contributed by atoms with E-state index in [-0.39, 0.29) is 16.7 Å². The molecule has 0 aromatic heterocycles. The van der Waals surface area contributed by atoms with Gasteiger partial charge in [-0.2, -0.15) is 0 Å². The number of hydrogen-bond acceptors (Lipinski definition) is 3. The summed E-state index contributed by atoms with van der Waals surface area (Å²) in [6.45, 7) is 6.05. The van der Waals surface area contributed by atoms with E-state index in [1.165, 1.54) is 11.6 Å². The highest BCUT2D eigenvalue weighted by atomic mass is 16.6. The largest absolute Gasteiger partial charge is 0.378 e. The second-order valence-corrected chi connectivity index (χ2v) is 5.48. The molecule has 2 aromatic carbocycles. The molecule has 0 aliphatic rings. The van der Waals surface area contributed by atoms with E-state index in [1.54, 1.807) is 13.0 Å². The monoisotopic (exact) mass is 284 g/mol. The molecule has 0 radical (unpaired) electrons. The summed E-state index contributed by atoms with van der Waals surface area (Å²) in [6.07, 6.45) is 0. The van der Waals surface area contributed by atoms with Crippen LogP contribution in [-0.4, -0.2) is 4.92 Å². The molecule has 2 rings (SSSR count). The fourth-order valence-corrected chi connectivity index (χ4v) is 2.44. The van der Waals surface area contributed by atoms with Crippen molar-refractivity contribution in [3.8, 4) is 0 Å². The Morgan fingerprint density at radius 1 is 1.05 bits per heavy atom.